The molecule has 0 amide bonds. The highest BCUT2D eigenvalue weighted by Crippen LogP contribution is 2.28. The molecule has 1 aliphatic rings. The van der Waals surface area contributed by atoms with Crippen LogP contribution in [0.4, 0.5) is 0 Å². The van der Waals surface area contributed by atoms with Crippen molar-refractivity contribution < 1.29 is 5.11 Å². The molecule has 1 saturated carbocycles. The first-order chi connectivity index (χ1) is 6.22. The number of hydrogen-bond acceptors (Lipinski definition) is 2. The van der Waals surface area contributed by atoms with Crippen LogP contribution in [0.5, 0.6) is 0 Å². The summed E-state index contributed by atoms with van der Waals surface area (Å²) >= 11 is 0. The lowest BCUT2D eigenvalue weighted by Gasteiger charge is -2.29. The molecule has 78 valence electrons. The third kappa shape index (κ3) is 4.10. The van der Waals surface area contributed by atoms with Gasteiger partial charge in [0.25, 0.3) is 0 Å². The fraction of sp³-hybridized carbons (Fsp3) is 1.00. The maximum absolute atomic E-state index is 8.77. The average Bonchev–Trinajstić information content (AvgIpc) is 2.09. The van der Waals surface area contributed by atoms with Crippen LogP contribution in [0.1, 0.15) is 32.6 Å². The van der Waals surface area contributed by atoms with E-state index in [1.165, 1.54) is 32.2 Å². The van der Waals surface area contributed by atoms with Gasteiger partial charge in [0.1, 0.15) is 0 Å². The summed E-state index contributed by atoms with van der Waals surface area (Å²) in [4.78, 5) is 2.25. The van der Waals surface area contributed by atoms with Gasteiger partial charge in [0, 0.05) is 13.1 Å². The van der Waals surface area contributed by atoms with Crippen LogP contribution < -0.4 is 0 Å². The van der Waals surface area contributed by atoms with E-state index in [1.807, 2.05) is 0 Å². The predicted octanol–water partition coefficient (Wildman–Crippen LogP) is 1.74. The van der Waals surface area contributed by atoms with Crippen LogP contribution in [-0.2, 0) is 0 Å². The number of hydrogen-bond donors (Lipinski definition) is 1. The lowest BCUT2D eigenvalue weighted by Crippen LogP contribution is -2.30. The van der Waals surface area contributed by atoms with E-state index in [-0.39, 0.29) is 0 Å². The van der Waals surface area contributed by atoms with E-state index in [4.69, 9.17) is 5.11 Å². The summed E-state index contributed by atoms with van der Waals surface area (Å²) in [6.45, 7) is 4.65. The third-order valence-electron chi connectivity index (χ3n) is 3.19. The van der Waals surface area contributed by atoms with Crippen LogP contribution >= 0.6 is 0 Å². The van der Waals surface area contributed by atoms with Gasteiger partial charge in [0.05, 0.1) is 6.61 Å². The summed E-state index contributed by atoms with van der Waals surface area (Å²) in [6, 6.07) is 0. The highest BCUT2D eigenvalue weighted by atomic mass is 16.3. The van der Waals surface area contributed by atoms with Gasteiger partial charge in [-0.25, -0.2) is 0 Å². The van der Waals surface area contributed by atoms with E-state index in [0.717, 1.165) is 18.4 Å². The largest absolute Gasteiger partial charge is 0.395 e. The average molecular weight is 185 g/mol. The summed E-state index contributed by atoms with van der Waals surface area (Å²) in [6.07, 6.45) is 5.57. The van der Waals surface area contributed by atoms with E-state index in [0.29, 0.717) is 6.61 Å². The van der Waals surface area contributed by atoms with E-state index >= 15 is 0 Å². The van der Waals surface area contributed by atoms with Gasteiger partial charge in [-0.15, -0.1) is 0 Å². The minimum atomic E-state index is 0.291. The van der Waals surface area contributed by atoms with Gasteiger partial charge >= 0.3 is 0 Å². The Kier molecular flexibility index (Phi) is 4.74. The normalized spacial score (nSPS) is 29.5. The molecule has 0 aromatic heterocycles. The molecule has 0 radical (unpaired) electrons. The number of likely N-dealkylation sites (N-methyl/N-ethyl adjacent to an activating group) is 1. The SMILES string of the molecule is CC1CCC(CN(C)CCO)CC1. The van der Waals surface area contributed by atoms with E-state index in [2.05, 4.69) is 18.9 Å². The second kappa shape index (κ2) is 5.61. The summed E-state index contributed by atoms with van der Waals surface area (Å²) in [7, 11) is 2.11. The van der Waals surface area contributed by atoms with Crippen LogP contribution in [0.2, 0.25) is 0 Å². The maximum Gasteiger partial charge on any atom is 0.0558 e. The van der Waals surface area contributed by atoms with Gasteiger partial charge in [0.2, 0.25) is 0 Å². The molecular weight excluding hydrogens is 162 g/mol. The molecule has 0 aliphatic heterocycles. The van der Waals surface area contributed by atoms with Crippen molar-refractivity contribution in [1.29, 1.82) is 0 Å². The Labute approximate surface area is 81.9 Å². The Morgan fingerprint density at radius 1 is 1.23 bits per heavy atom. The van der Waals surface area contributed by atoms with Crippen LogP contribution in [0, 0.1) is 11.8 Å². The Bertz CT molecular complexity index is 130. The smallest absolute Gasteiger partial charge is 0.0558 e. The quantitative estimate of drug-likeness (QED) is 0.721. The van der Waals surface area contributed by atoms with Crippen LogP contribution in [0.3, 0.4) is 0 Å². The third-order valence-corrected chi connectivity index (χ3v) is 3.19. The Morgan fingerprint density at radius 2 is 1.85 bits per heavy atom. The van der Waals surface area contributed by atoms with Crippen molar-refractivity contribution in [3.05, 3.63) is 0 Å². The van der Waals surface area contributed by atoms with E-state index in [9.17, 15) is 0 Å². The molecule has 2 heteroatoms. The highest BCUT2D eigenvalue weighted by molar-refractivity contribution is 4.72. The first-order valence-corrected chi connectivity index (χ1v) is 5.51. The maximum atomic E-state index is 8.77. The monoisotopic (exact) mass is 185 g/mol. The lowest BCUT2D eigenvalue weighted by molar-refractivity contribution is 0.175. The molecule has 0 atom stereocenters. The zero-order valence-electron chi connectivity index (χ0n) is 9.00. The van der Waals surface area contributed by atoms with Crippen LogP contribution in [-0.4, -0.2) is 36.8 Å². The lowest BCUT2D eigenvalue weighted by atomic mass is 9.83. The van der Waals surface area contributed by atoms with Gasteiger partial charge in [-0.2, -0.15) is 0 Å². The first kappa shape index (κ1) is 11.0. The zero-order valence-corrected chi connectivity index (χ0v) is 9.00. The Balaban J connectivity index is 2.14. The second-order valence-electron chi connectivity index (χ2n) is 4.61. The fourth-order valence-corrected chi connectivity index (χ4v) is 2.21. The minimum Gasteiger partial charge on any atom is -0.395 e. The van der Waals surface area contributed by atoms with E-state index < -0.39 is 0 Å². The minimum absolute atomic E-state index is 0.291. The van der Waals surface area contributed by atoms with Crippen molar-refractivity contribution in [2.24, 2.45) is 11.8 Å². The van der Waals surface area contributed by atoms with Crippen molar-refractivity contribution in [2.45, 2.75) is 32.6 Å². The van der Waals surface area contributed by atoms with Crippen molar-refractivity contribution in [3.63, 3.8) is 0 Å². The predicted molar refractivity (Wildman–Crippen MR) is 55.7 cm³/mol. The topological polar surface area (TPSA) is 23.5 Å². The number of aliphatic hydroxyl groups excluding tert-OH is 1. The Morgan fingerprint density at radius 3 is 2.38 bits per heavy atom. The summed E-state index contributed by atoms with van der Waals surface area (Å²) in [5, 5.41) is 8.77. The molecule has 0 heterocycles. The van der Waals surface area contributed by atoms with E-state index in [1.54, 1.807) is 0 Å². The van der Waals surface area contributed by atoms with Crippen molar-refractivity contribution in [1.82, 2.24) is 4.90 Å². The molecule has 0 aromatic rings. The van der Waals surface area contributed by atoms with Gasteiger partial charge in [-0.05, 0) is 31.7 Å². The van der Waals surface area contributed by atoms with Crippen LogP contribution in [0.25, 0.3) is 0 Å². The second-order valence-corrected chi connectivity index (χ2v) is 4.61. The number of rotatable bonds is 4. The van der Waals surface area contributed by atoms with Gasteiger partial charge in [0.15, 0.2) is 0 Å². The fourth-order valence-electron chi connectivity index (χ4n) is 2.21. The van der Waals surface area contributed by atoms with Crippen molar-refractivity contribution in [3.8, 4) is 0 Å². The van der Waals surface area contributed by atoms with Gasteiger partial charge in [-0.1, -0.05) is 19.8 Å². The van der Waals surface area contributed by atoms with Gasteiger partial charge in [-0.3, -0.25) is 0 Å². The number of nitrogens with zero attached hydrogens (tertiary/aromatic N) is 1. The first-order valence-electron chi connectivity index (χ1n) is 5.51. The summed E-state index contributed by atoms with van der Waals surface area (Å²) in [5.41, 5.74) is 0. The highest BCUT2D eigenvalue weighted by Gasteiger charge is 2.18. The molecule has 1 N–H and O–H groups in total. The molecule has 0 unspecified atom stereocenters. The Hall–Kier alpha value is -0.0800. The molecular formula is C11H23NO. The summed E-state index contributed by atoms with van der Waals surface area (Å²) in [5.74, 6) is 1.83. The zero-order chi connectivity index (χ0) is 9.68. The summed E-state index contributed by atoms with van der Waals surface area (Å²) < 4.78 is 0. The molecule has 2 nitrogen and oxygen atoms in total. The molecule has 0 bridgehead atoms. The molecule has 0 spiro atoms. The standard InChI is InChI=1S/C11H23NO/c1-10-3-5-11(6-4-10)9-12(2)7-8-13/h10-11,13H,3-9H2,1-2H3. The molecule has 1 rings (SSSR count). The number of aliphatic hydroxyl groups is 1. The van der Waals surface area contributed by atoms with Crippen molar-refractivity contribution >= 4 is 0 Å². The molecule has 0 saturated heterocycles. The van der Waals surface area contributed by atoms with Gasteiger partial charge < -0.3 is 10.0 Å². The molecule has 13 heavy (non-hydrogen) atoms. The molecule has 1 fully saturated rings. The molecule has 0 aromatic carbocycles. The van der Waals surface area contributed by atoms with Crippen molar-refractivity contribution in [2.75, 3.05) is 26.7 Å². The van der Waals surface area contributed by atoms with Crippen LogP contribution in [0.15, 0.2) is 0 Å². The molecule has 1 aliphatic carbocycles.